The van der Waals surface area contributed by atoms with Crippen LogP contribution in [0.15, 0.2) is 35.5 Å². The summed E-state index contributed by atoms with van der Waals surface area (Å²) in [5.74, 6) is 0.787. The van der Waals surface area contributed by atoms with Gasteiger partial charge in [-0.25, -0.2) is 4.98 Å². The number of benzene rings is 1. The first kappa shape index (κ1) is 21.9. The van der Waals surface area contributed by atoms with Gasteiger partial charge in [0.2, 0.25) is 0 Å². The predicted molar refractivity (Wildman–Crippen MR) is 123 cm³/mol. The highest BCUT2D eigenvalue weighted by molar-refractivity contribution is 14.0. The molecule has 0 amide bonds. The van der Waals surface area contributed by atoms with E-state index >= 15 is 0 Å². The summed E-state index contributed by atoms with van der Waals surface area (Å²) in [6.45, 7) is 7.02. The smallest absolute Gasteiger partial charge is 0.191 e. The number of hydrogen-bond acceptors (Lipinski definition) is 5. The Hall–Kier alpha value is -1.39. The van der Waals surface area contributed by atoms with Crippen LogP contribution in [0.25, 0.3) is 0 Å². The van der Waals surface area contributed by atoms with Crippen LogP contribution >= 0.6 is 35.3 Å². The van der Waals surface area contributed by atoms with Crippen molar-refractivity contribution >= 4 is 47.0 Å². The molecule has 148 valence electrons. The van der Waals surface area contributed by atoms with Crippen LogP contribution in [0.5, 0.6) is 0 Å². The number of nitrogens with zero attached hydrogens (tertiary/aromatic N) is 3. The molecule has 0 radical (unpaired) electrons. The summed E-state index contributed by atoms with van der Waals surface area (Å²) in [7, 11) is 1.79. The van der Waals surface area contributed by atoms with E-state index in [1.165, 1.54) is 16.1 Å². The number of aryl methyl sites for hydroxylation is 1. The Bertz CT molecular complexity index is 730. The number of nitrogens with one attached hydrogen (secondary N) is 2. The zero-order valence-electron chi connectivity index (χ0n) is 15.9. The Balaban J connectivity index is 0.00000261. The predicted octanol–water partition coefficient (Wildman–Crippen LogP) is 3.03. The van der Waals surface area contributed by atoms with Gasteiger partial charge in [-0.1, -0.05) is 25.1 Å². The van der Waals surface area contributed by atoms with Crippen LogP contribution in [0.1, 0.15) is 22.4 Å². The zero-order chi connectivity index (χ0) is 18.2. The van der Waals surface area contributed by atoms with Crippen molar-refractivity contribution in [3.8, 4) is 0 Å². The van der Waals surface area contributed by atoms with Gasteiger partial charge >= 0.3 is 0 Å². The topological polar surface area (TPSA) is 61.8 Å². The first-order valence-electron chi connectivity index (χ1n) is 9.09. The third-order valence-electron chi connectivity index (χ3n) is 4.37. The molecule has 1 aromatic carbocycles. The Morgan fingerprint density at radius 1 is 1.22 bits per heavy atom. The minimum atomic E-state index is 0. The molecule has 27 heavy (non-hydrogen) atoms. The second-order valence-electron chi connectivity index (χ2n) is 6.08. The normalized spacial score (nSPS) is 14.6. The molecule has 2 heterocycles. The number of ether oxygens (including phenoxy) is 1. The van der Waals surface area contributed by atoms with Crippen LogP contribution in [0.3, 0.4) is 0 Å². The van der Waals surface area contributed by atoms with Crippen molar-refractivity contribution in [1.29, 1.82) is 0 Å². The number of halogens is 1. The molecule has 0 aliphatic carbocycles. The van der Waals surface area contributed by atoms with Crippen molar-refractivity contribution in [3.05, 3.63) is 45.9 Å². The van der Waals surface area contributed by atoms with Crippen LogP contribution < -0.4 is 15.5 Å². The largest absolute Gasteiger partial charge is 0.378 e. The third kappa shape index (κ3) is 6.32. The van der Waals surface area contributed by atoms with Gasteiger partial charge in [0.25, 0.3) is 0 Å². The number of morpholine rings is 1. The monoisotopic (exact) mass is 501 g/mol. The van der Waals surface area contributed by atoms with E-state index in [1.54, 1.807) is 18.4 Å². The van der Waals surface area contributed by atoms with Gasteiger partial charge in [-0.3, -0.25) is 4.99 Å². The van der Waals surface area contributed by atoms with Gasteiger partial charge in [-0.15, -0.1) is 35.3 Å². The molecule has 1 fully saturated rings. The maximum absolute atomic E-state index is 5.47. The number of para-hydroxylation sites is 1. The highest BCUT2D eigenvalue weighted by Gasteiger charge is 2.14. The van der Waals surface area contributed by atoms with Crippen molar-refractivity contribution in [2.24, 2.45) is 4.99 Å². The van der Waals surface area contributed by atoms with E-state index in [-0.39, 0.29) is 24.0 Å². The number of anilines is 1. The van der Waals surface area contributed by atoms with E-state index in [4.69, 9.17) is 4.74 Å². The highest BCUT2D eigenvalue weighted by Crippen LogP contribution is 2.21. The molecular weight excluding hydrogens is 473 g/mol. The molecule has 0 bridgehead atoms. The van der Waals surface area contributed by atoms with Gasteiger partial charge in [-0.2, -0.15) is 0 Å². The molecule has 0 unspecified atom stereocenters. The first-order chi connectivity index (χ1) is 12.8. The van der Waals surface area contributed by atoms with E-state index in [2.05, 4.69) is 56.7 Å². The van der Waals surface area contributed by atoms with Gasteiger partial charge < -0.3 is 20.3 Å². The van der Waals surface area contributed by atoms with Crippen molar-refractivity contribution in [3.63, 3.8) is 0 Å². The van der Waals surface area contributed by atoms with Crippen LogP contribution in [0, 0.1) is 0 Å². The Labute approximate surface area is 182 Å². The summed E-state index contributed by atoms with van der Waals surface area (Å²) >= 11 is 1.75. The fraction of sp³-hybridized carbons (Fsp3) is 0.474. The fourth-order valence-electron chi connectivity index (χ4n) is 2.93. The second-order valence-corrected chi connectivity index (χ2v) is 7.28. The average Bonchev–Trinajstić information content (AvgIpc) is 3.17. The molecule has 2 N–H and O–H groups in total. The summed E-state index contributed by atoms with van der Waals surface area (Å²) in [6.07, 6.45) is 2.99. The average molecular weight is 501 g/mol. The maximum atomic E-state index is 5.47. The molecule has 0 saturated carbocycles. The van der Waals surface area contributed by atoms with E-state index in [0.717, 1.165) is 50.2 Å². The minimum Gasteiger partial charge on any atom is -0.378 e. The number of guanidine groups is 1. The first-order valence-corrected chi connectivity index (χ1v) is 9.90. The lowest BCUT2D eigenvalue weighted by Crippen LogP contribution is -2.38. The minimum absolute atomic E-state index is 0. The Morgan fingerprint density at radius 2 is 1.96 bits per heavy atom. The van der Waals surface area contributed by atoms with Crippen LogP contribution in [-0.4, -0.2) is 44.3 Å². The van der Waals surface area contributed by atoms with E-state index in [0.29, 0.717) is 6.54 Å². The Kier molecular flexibility index (Phi) is 9.29. The van der Waals surface area contributed by atoms with Gasteiger partial charge in [-0.05, 0) is 18.1 Å². The highest BCUT2D eigenvalue weighted by atomic mass is 127. The van der Waals surface area contributed by atoms with Gasteiger partial charge in [0.05, 0.1) is 19.8 Å². The number of aromatic nitrogens is 1. The second kappa shape index (κ2) is 11.5. The molecule has 0 atom stereocenters. The van der Waals surface area contributed by atoms with Crippen LogP contribution in [0.2, 0.25) is 0 Å². The molecule has 2 aromatic rings. The quantitative estimate of drug-likeness (QED) is 0.362. The number of thiazole rings is 1. The van der Waals surface area contributed by atoms with Gasteiger partial charge in [0, 0.05) is 43.4 Å². The lowest BCUT2D eigenvalue weighted by Gasteiger charge is -2.30. The molecule has 3 rings (SSSR count). The molecule has 1 aliphatic heterocycles. The summed E-state index contributed by atoms with van der Waals surface area (Å²) in [4.78, 5) is 12.5. The molecular formula is C19H28IN5OS. The number of hydrogen-bond donors (Lipinski definition) is 2. The fourth-order valence-corrected chi connectivity index (χ4v) is 3.73. The molecule has 1 aliphatic rings. The van der Waals surface area contributed by atoms with Crippen LogP contribution in [-0.2, 0) is 24.2 Å². The molecule has 6 nitrogen and oxygen atoms in total. The third-order valence-corrected chi connectivity index (χ3v) is 5.51. The number of aliphatic imine (C=N–C) groups is 1. The summed E-state index contributed by atoms with van der Waals surface area (Å²) in [5.41, 5.74) is 2.53. The summed E-state index contributed by atoms with van der Waals surface area (Å²) < 4.78 is 5.47. The molecule has 8 heteroatoms. The van der Waals surface area contributed by atoms with E-state index < -0.39 is 0 Å². The van der Waals surface area contributed by atoms with Gasteiger partial charge in [0.15, 0.2) is 5.96 Å². The van der Waals surface area contributed by atoms with Crippen molar-refractivity contribution in [2.45, 2.75) is 26.4 Å². The summed E-state index contributed by atoms with van der Waals surface area (Å²) in [6, 6.07) is 8.52. The van der Waals surface area contributed by atoms with E-state index in [1.807, 2.05) is 6.20 Å². The zero-order valence-corrected chi connectivity index (χ0v) is 19.0. The summed E-state index contributed by atoms with van der Waals surface area (Å²) in [5, 5.41) is 7.84. The lowest BCUT2D eigenvalue weighted by molar-refractivity contribution is 0.122. The molecule has 1 aromatic heterocycles. The van der Waals surface area contributed by atoms with Crippen molar-refractivity contribution in [1.82, 2.24) is 15.6 Å². The molecule has 0 spiro atoms. The maximum Gasteiger partial charge on any atom is 0.191 e. The Morgan fingerprint density at radius 3 is 2.67 bits per heavy atom. The van der Waals surface area contributed by atoms with Crippen molar-refractivity contribution < 1.29 is 4.74 Å². The molecule has 1 saturated heterocycles. The van der Waals surface area contributed by atoms with E-state index in [9.17, 15) is 0 Å². The van der Waals surface area contributed by atoms with Crippen LogP contribution in [0.4, 0.5) is 5.69 Å². The lowest BCUT2D eigenvalue weighted by atomic mass is 10.1. The number of rotatable bonds is 6. The van der Waals surface area contributed by atoms with Crippen molar-refractivity contribution in [2.75, 3.05) is 38.3 Å². The van der Waals surface area contributed by atoms with Gasteiger partial charge in [0.1, 0.15) is 5.01 Å². The standard InChI is InChI=1S/C19H27N5OS.HI/c1-3-16-13-21-18(26-16)14-23-19(20-2)22-12-15-6-4-5-7-17(15)24-8-10-25-11-9-24;/h4-7,13H,3,8-12,14H2,1-2H3,(H2,20,22,23);1H. The SMILES string of the molecule is CCc1cnc(CNC(=NC)NCc2ccccc2N2CCOCC2)s1.I.